The number of anilines is 1. The van der Waals surface area contributed by atoms with Crippen LogP contribution in [0.15, 0.2) is 42.7 Å². The molecule has 2 N–H and O–H groups in total. The van der Waals surface area contributed by atoms with Crippen LogP contribution in [0.25, 0.3) is 11.1 Å². The summed E-state index contributed by atoms with van der Waals surface area (Å²) < 4.78 is 5.26. The largest absolute Gasteiger partial charge is 0.496 e. The van der Waals surface area contributed by atoms with Crippen LogP contribution < -0.4 is 10.5 Å². The standard InChI is InChI=1S/C12H12N2O/c1-15-12-6-7-14-8-11(12)9-2-4-10(13)5-3-9/h2-8H,13H2,1H3. The second-order valence-corrected chi connectivity index (χ2v) is 3.20. The molecule has 2 rings (SSSR count). The van der Waals surface area contributed by atoms with Gasteiger partial charge in [0, 0.05) is 23.6 Å². The van der Waals surface area contributed by atoms with Gasteiger partial charge in [-0.15, -0.1) is 0 Å². The Morgan fingerprint density at radius 3 is 2.53 bits per heavy atom. The average molecular weight is 200 g/mol. The Bertz CT molecular complexity index is 451. The van der Waals surface area contributed by atoms with Gasteiger partial charge in [0.1, 0.15) is 5.75 Å². The minimum absolute atomic E-state index is 0.751. The van der Waals surface area contributed by atoms with Crippen molar-refractivity contribution in [2.45, 2.75) is 0 Å². The van der Waals surface area contributed by atoms with Gasteiger partial charge in [-0.3, -0.25) is 4.98 Å². The lowest BCUT2D eigenvalue weighted by Gasteiger charge is -2.07. The van der Waals surface area contributed by atoms with E-state index in [1.807, 2.05) is 30.3 Å². The Morgan fingerprint density at radius 2 is 1.87 bits per heavy atom. The number of nitrogens with two attached hydrogens (primary N) is 1. The van der Waals surface area contributed by atoms with E-state index in [-0.39, 0.29) is 0 Å². The van der Waals surface area contributed by atoms with Gasteiger partial charge in [0.15, 0.2) is 0 Å². The van der Waals surface area contributed by atoms with Crippen LogP contribution in [0.3, 0.4) is 0 Å². The van der Waals surface area contributed by atoms with Gasteiger partial charge in [0.25, 0.3) is 0 Å². The monoisotopic (exact) mass is 200 g/mol. The molecule has 0 radical (unpaired) electrons. The molecule has 15 heavy (non-hydrogen) atoms. The zero-order chi connectivity index (χ0) is 10.7. The predicted molar refractivity (Wildman–Crippen MR) is 60.6 cm³/mol. The van der Waals surface area contributed by atoms with Crippen LogP contribution in [-0.2, 0) is 0 Å². The van der Waals surface area contributed by atoms with Gasteiger partial charge in [-0.25, -0.2) is 0 Å². The molecule has 0 aliphatic heterocycles. The molecule has 0 aliphatic carbocycles. The van der Waals surface area contributed by atoms with Gasteiger partial charge in [-0.2, -0.15) is 0 Å². The number of nitrogen functional groups attached to an aromatic ring is 1. The average Bonchev–Trinajstić information content (AvgIpc) is 2.30. The van der Waals surface area contributed by atoms with Crippen molar-refractivity contribution in [1.82, 2.24) is 4.98 Å². The number of ether oxygens (including phenoxy) is 1. The predicted octanol–water partition coefficient (Wildman–Crippen LogP) is 2.34. The molecular formula is C12H12N2O. The van der Waals surface area contributed by atoms with E-state index < -0.39 is 0 Å². The SMILES string of the molecule is COc1ccncc1-c1ccc(N)cc1. The summed E-state index contributed by atoms with van der Waals surface area (Å²) in [5.74, 6) is 0.815. The number of pyridine rings is 1. The van der Waals surface area contributed by atoms with Crippen LogP contribution in [0.4, 0.5) is 5.69 Å². The minimum Gasteiger partial charge on any atom is -0.496 e. The number of nitrogens with zero attached hydrogens (tertiary/aromatic N) is 1. The quantitative estimate of drug-likeness (QED) is 0.757. The molecule has 2 aromatic rings. The maximum absolute atomic E-state index is 5.63. The lowest BCUT2D eigenvalue weighted by molar-refractivity contribution is 0.416. The van der Waals surface area contributed by atoms with Gasteiger partial charge in [0.05, 0.1) is 7.11 Å². The van der Waals surface area contributed by atoms with E-state index in [0.717, 1.165) is 22.6 Å². The first kappa shape index (κ1) is 9.52. The third-order valence-electron chi connectivity index (χ3n) is 2.22. The van der Waals surface area contributed by atoms with Gasteiger partial charge in [-0.1, -0.05) is 12.1 Å². The second kappa shape index (κ2) is 4.00. The Hall–Kier alpha value is -2.03. The van der Waals surface area contributed by atoms with E-state index in [1.54, 1.807) is 19.5 Å². The third-order valence-corrected chi connectivity index (χ3v) is 2.22. The van der Waals surface area contributed by atoms with Crippen molar-refractivity contribution < 1.29 is 4.74 Å². The fraction of sp³-hybridized carbons (Fsp3) is 0.0833. The maximum atomic E-state index is 5.63. The fourth-order valence-corrected chi connectivity index (χ4v) is 1.44. The van der Waals surface area contributed by atoms with Crippen molar-refractivity contribution in [3.05, 3.63) is 42.7 Å². The molecule has 0 unspecified atom stereocenters. The molecule has 0 atom stereocenters. The van der Waals surface area contributed by atoms with Gasteiger partial charge in [-0.05, 0) is 23.8 Å². The molecule has 3 nitrogen and oxygen atoms in total. The lowest BCUT2D eigenvalue weighted by atomic mass is 10.1. The highest BCUT2D eigenvalue weighted by atomic mass is 16.5. The zero-order valence-electron chi connectivity index (χ0n) is 8.47. The molecule has 76 valence electrons. The van der Waals surface area contributed by atoms with Crippen LogP contribution in [0.2, 0.25) is 0 Å². The molecule has 0 fully saturated rings. The third kappa shape index (κ3) is 1.91. The summed E-state index contributed by atoms with van der Waals surface area (Å²) in [6.07, 6.45) is 3.49. The molecule has 3 heteroatoms. The maximum Gasteiger partial charge on any atom is 0.129 e. The van der Waals surface area contributed by atoms with E-state index in [0.29, 0.717) is 0 Å². The number of hydrogen-bond acceptors (Lipinski definition) is 3. The number of methoxy groups -OCH3 is 1. The minimum atomic E-state index is 0.751. The van der Waals surface area contributed by atoms with E-state index in [9.17, 15) is 0 Å². The first-order valence-corrected chi connectivity index (χ1v) is 4.65. The van der Waals surface area contributed by atoms with Crippen molar-refractivity contribution in [1.29, 1.82) is 0 Å². The molecule has 1 aromatic heterocycles. The van der Waals surface area contributed by atoms with Gasteiger partial charge >= 0.3 is 0 Å². The summed E-state index contributed by atoms with van der Waals surface area (Å²) in [5, 5.41) is 0. The van der Waals surface area contributed by atoms with Gasteiger partial charge < -0.3 is 10.5 Å². The summed E-state index contributed by atoms with van der Waals surface area (Å²) in [6, 6.07) is 9.47. The first-order valence-electron chi connectivity index (χ1n) is 4.65. The number of aromatic nitrogens is 1. The van der Waals surface area contributed by atoms with Crippen LogP contribution in [0.1, 0.15) is 0 Å². The summed E-state index contributed by atoms with van der Waals surface area (Å²) in [6.45, 7) is 0. The van der Waals surface area contributed by atoms with Crippen LogP contribution >= 0.6 is 0 Å². The summed E-state index contributed by atoms with van der Waals surface area (Å²) in [7, 11) is 1.65. The molecule has 0 amide bonds. The molecule has 1 aromatic carbocycles. The molecule has 0 spiro atoms. The Kier molecular flexibility index (Phi) is 2.54. The highest BCUT2D eigenvalue weighted by Gasteiger charge is 2.04. The molecule has 0 saturated carbocycles. The van der Waals surface area contributed by atoms with E-state index in [1.165, 1.54) is 0 Å². The van der Waals surface area contributed by atoms with Crippen molar-refractivity contribution >= 4 is 5.69 Å². The number of benzene rings is 1. The van der Waals surface area contributed by atoms with Crippen LogP contribution in [-0.4, -0.2) is 12.1 Å². The van der Waals surface area contributed by atoms with Gasteiger partial charge in [0.2, 0.25) is 0 Å². The highest BCUT2D eigenvalue weighted by Crippen LogP contribution is 2.28. The van der Waals surface area contributed by atoms with E-state index in [4.69, 9.17) is 10.5 Å². The Labute approximate surface area is 88.5 Å². The van der Waals surface area contributed by atoms with E-state index in [2.05, 4.69) is 4.98 Å². The summed E-state index contributed by atoms with van der Waals surface area (Å²) >= 11 is 0. The lowest BCUT2D eigenvalue weighted by Crippen LogP contribution is -1.89. The number of hydrogen-bond donors (Lipinski definition) is 1. The van der Waals surface area contributed by atoms with E-state index >= 15 is 0 Å². The smallest absolute Gasteiger partial charge is 0.129 e. The normalized spacial score (nSPS) is 9.93. The van der Waals surface area contributed by atoms with Crippen molar-refractivity contribution in [2.75, 3.05) is 12.8 Å². The van der Waals surface area contributed by atoms with Crippen molar-refractivity contribution in [3.63, 3.8) is 0 Å². The summed E-state index contributed by atoms with van der Waals surface area (Å²) in [5.41, 5.74) is 8.40. The Balaban J connectivity index is 2.49. The fourth-order valence-electron chi connectivity index (χ4n) is 1.44. The van der Waals surface area contributed by atoms with Crippen LogP contribution in [0, 0.1) is 0 Å². The Morgan fingerprint density at radius 1 is 1.13 bits per heavy atom. The second-order valence-electron chi connectivity index (χ2n) is 3.20. The molecule has 0 aliphatic rings. The zero-order valence-corrected chi connectivity index (χ0v) is 8.47. The highest BCUT2D eigenvalue weighted by molar-refractivity contribution is 5.70. The molecule has 0 bridgehead atoms. The topological polar surface area (TPSA) is 48.1 Å². The molecule has 0 saturated heterocycles. The van der Waals surface area contributed by atoms with Crippen LogP contribution in [0.5, 0.6) is 5.75 Å². The molecule has 1 heterocycles. The summed E-state index contributed by atoms with van der Waals surface area (Å²) in [4.78, 5) is 4.08. The first-order chi connectivity index (χ1) is 7.31. The number of rotatable bonds is 2. The van der Waals surface area contributed by atoms with Crippen molar-refractivity contribution in [3.8, 4) is 16.9 Å². The van der Waals surface area contributed by atoms with Crippen molar-refractivity contribution in [2.24, 2.45) is 0 Å². The molecular weight excluding hydrogens is 188 g/mol.